The largest absolute Gasteiger partial charge is 0.391 e. The van der Waals surface area contributed by atoms with E-state index in [9.17, 15) is 38.2 Å². The van der Waals surface area contributed by atoms with Crippen LogP contribution in [0.25, 0.3) is 33.7 Å². The van der Waals surface area contributed by atoms with E-state index in [2.05, 4.69) is 21.3 Å². The van der Waals surface area contributed by atoms with Crippen LogP contribution in [0.1, 0.15) is 67.2 Å². The number of nitrogens with one attached hydrogen (secondary N) is 4. The molecule has 2 saturated heterocycles. The number of halogens is 2. The van der Waals surface area contributed by atoms with E-state index in [4.69, 9.17) is 9.97 Å². The van der Waals surface area contributed by atoms with Crippen molar-refractivity contribution in [2.75, 3.05) is 27.2 Å². The van der Waals surface area contributed by atoms with Crippen LogP contribution in [-0.4, -0.2) is 138 Å². The van der Waals surface area contributed by atoms with Crippen molar-refractivity contribution in [3.05, 3.63) is 48.0 Å². The third kappa shape index (κ3) is 9.62. The third-order valence-corrected chi connectivity index (χ3v) is 13.0. The lowest BCUT2D eigenvalue weighted by molar-refractivity contribution is -0.139. The molecule has 10 atom stereocenters. The number of likely N-dealkylation sites (N-methyl/N-ethyl adjacent to an activating group) is 2. The summed E-state index contributed by atoms with van der Waals surface area (Å²) in [5, 5.41) is 33.8. The minimum atomic E-state index is -0.865. The lowest BCUT2D eigenvalue weighted by Crippen LogP contribution is -2.56. The molecule has 0 aliphatic carbocycles. The second-order valence-electron chi connectivity index (χ2n) is 17.2. The SMILES string of the molecule is CCC(C)[C@@H](NC(=O)[C@@H](C)NC)C(=O)N1CC(O)C[C@H]1Cn1c(-c2nc3cc(F)ccc3n2C[C@@H]2CC(O)CN2C(=O)[C@H](NC(=O)[C@@H](C)NC)[C@H](C)CC)nc2cc(F)ccc21. The van der Waals surface area contributed by atoms with Gasteiger partial charge >= 0.3 is 0 Å². The number of amides is 4. The summed E-state index contributed by atoms with van der Waals surface area (Å²) < 4.78 is 33.4. The minimum absolute atomic E-state index is 0.0299. The fourth-order valence-electron chi connectivity index (χ4n) is 8.55. The molecule has 3 unspecified atom stereocenters. The number of β-amino-alcohol motifs (C(OH)–C–C–N with tert-alkyl or cyclic N) is 2. The van der Waals surface area contributed by atoms with Gasteiger partial charge in [-0.15, -0.1) is 0 Å². The Morgan fingerprint density at radius 3 is 1.39 bits per heavy atom. The van der Waals surface area contributed by atoms with E-state index in [0.717, 1.165) is 0 Å². The highest BCUT2D eigenvalue weighted by atomic mass is 19.1. The Bertz CT molecular complexity index is 2110. The van der Waals surface area contributed by atoms with Crippen molar-refractivity contribution in [2.24, 2.45) is 11.8 Å². The molecule has 0 spiro atoms. The molecular formula is C44H62F2N10O6. The summed E-state index contributed by atoms with van der Waals surface area (Å²) in [6.45, 7) is 11.3. The molecule has 62 heavy (non-hydrogen) atoms. The van der Waals surface area contributed by atoms with Crippen molar-refractivity contribution < 1.29 is 38.2 Å². The predicted octanol–water partition coefficient (Wildman–Crippen LogP) is 2.53. The molecular weight excluding hydrogens is 803 g/mol. The van der Waals surface area contributed by atoms with Crippen molar-refractivity contribution in [2.45, 2.75) is 129 Å². The number of nitrogens with zero attached hydrogens (tertiary/aromatic N) is 6. The molecule has 2 aromatic carbocycles. The summed E-state index contributed by atoms with van der Waals surface area (Å²) in [6, 6.07) is 4.35. The molecule has 16 nitrogen and oxygen atoms in total. The average molecular weight is 865 g/mol. The number of hydrogen-bond donors (Lipinski definition) is 6. The first kappa shape index (κ1) is 46.5. The molecule has 6 rings (SSSR count). The predicted molar refractivity (Wildman–Crippen MR) is 230 cm³/mol. The van der Waals surface area contributed by atoms with Gasteiger partial charge in [-0.2, -0.15) is 0 Å². The zero-order valence-corrected chi connectivity index (χ0v) is 36.9. The van der Waals surface area contributed by atoms with Gasteiger partial charge in [-0.1, -0.05) is 40.5 Å². The summed E-state index contributed by atoms with van der Waals surface area (Å²) in [6.07, 6.45) is -0.0968. The highest BCUT2D eigenvalue weighted by Crippen LogP contribution is 2.33. The zero-order chi connectivity index (χ0) is 45.2. The minimum Gasteiger partial charge on any atom is -0.391 e. The summed E-state index contributed by atoms with van der Waals surface area (Å²) in [4.78, 5) is 68.0. The standard InChI is InChI=1S/C44H62F2N10O6/c1-9-23(3)37(51-41(59)25(5)47-7)43(61)53-21-31(57)17-29(53)19-55-35-13-11-27(45)15-33(35)49-39(55)40-50-34-16-28(46)12-14-36(34)56(40)20-30-18-32(58)22-54(30)44(62)38(24(4)10-2)52-42(60)26(6)48-8/h11-16,23-26,29-32,37-38,47-48,57-58H,9-10,17-22H2,1-8H3,(H,51,59)(H,52,60)/t23-,24?,25-,26-,29+,30+,31?,32?,37-,38-/m1/s1. The van der Waals surface area contributed by atoms with Crippen LogP contribution in [0, 0.1) is 23.5 Å². The number of aliphatic hydroxyl groups excluding tert-OH is 2. The summed E-state index contributed by atoms with van der Waals surface area (Å²) in [5.74, 6) is -2.30. The van der Waals surface area contributed by atoms with Crippen molar-refractivity contribution in [1.82, 2.24) is 50.2 Å². The Morgan fingerprint density at radius 2 is 1.05 bits per heavy atom. The number of carbonyl (C=O) groups is 4. The molecule has 4 amide bonds. The highest BCUT2D eigenvalue weighted by molar-refractivity contribution is 5.91. The Balaban J connectivity index is 1.42. The molecule has 0 bridgehead atoms. The Hall–Kier alpha value is -5.04. The fraction of sp³-hybridized carbons (Fsp3) is 0.591. The van der Waals surface area contributed by atoms with Crippen LogP contribution in [0.4, 0.5) is 8.78 Å². The molecule has 0 radical (unpaired) electrons. The number of imidazole rings is 2. The zero-order valence-electron chi connectivity index (χ0n) is 36.9. The normalized spacial score (nSPS) is 22.1. The third-order valence-electron chi connectivity index (χ3n) is 13.0. The number of benzene rings is 2. The van der Waals surface area contributed by atoms with Crippen molar-refractivity contribution in [1.29, 1.82) is 0 Å². The molecule has 2 aliphatic heterocycles. The fourth-order valence-corrected chi connectivity index (χ4v) is 8.55. The topological polar surface area (TPSA) is 199 Å². The van der Waals surface area contributed by atoms with Crippen LogP contribution in [0.5, 0.6) is 0 Å². The maximum Gasteiger partial charge on any atom is 0.245 e. The smallest absolute Gasteiger partial charge is 0.245 e. The average Bonchev–Trinajstić information content (AvgIpc) is 4.02. The Labute approximate surface area is 360 Å². The van der Waals surface area contributed by atoms with Crippen LogP contribution < -0.4 is 21.3 Å². The number of aromatic nitrogens is 4. The first-order valence-electron chi connectivity index (χ1n) is 21.7. The van der Waals surface area contributed by atoms with Crippen LogP contribution in [0.15, 0.2) is 36.4 Å². The molecule has 4 aromatic rings. The van der Waals surface area contributed by atoms with Gasteiger partial charge in [0.1, 0.15) is 23.7 Å². The number of likely N-dealkylation sites (tertiary alicyclic amines) is 2. The van der Waals surface area contributed by atoms with Gasteiger partial charge in [-0.25, -0.2) is 18.7 Å². The Morgan fingerprint density at radius 1 is 0.677 bits per heavy atom. The molecule has 0 saturated carbocycles. The van der Waals surface area contributed by atoms with Crippen LogP contribution in [0.2, 0.25) is 0 Å². The summed E-state index contributed by atoms with van der Waals surface area (Å²) in [7, 11) is 3.32. The van der Waals surface area contributed by atoms with Gasteiger partial charge < -0.3 is 50.4 Å². The Kier molecular flexibility index (Phi) is 14.7. The van der Waals surface area contributed by atoms with Crippen molar-refractivity contribution in [3.8, 4) is 11.6 Å². The molecule has 6 N–H and O–H groups in total. The van der Waals surface area contributed by atoms with E-state index >= 15 is 0 Å². The quantitative estimate of drug-likeness (QED) is 0.0918. The van der Waals surface area contributed by atoms with Crippen LogP contribution in [-0.2, 0) is 32.3 Å². The second kappa shape index (κ2) is 19.6. The van der Waals surface area contributed by atoms with Crippen molar-refractivity contribution in [3.63, 3.8) is 0 Å². The van der Waals surface area contributed by atoms with Gasteiger partial charge in [-0.05, 0) is 76.9 Å². The van der Waals surface area contributed by atoms with Gasteiger partial charge in [0, 0.05) is 38.3 Å². The molecule has 4 heterocycles. The van der Waals surface area contributed by atoms with E-state index in [0.29, 0.717) is 34.9 Å². The molecule has 338 valence electrons. The van der Waals surface area contributed by atoms with Gasteiger partial charge in [0.2, 0.25) is 23.6 Å². The highest BCUT2D eigenvalue weighted by Gasteiger charge is 2.42. The second-order valence-corrected chi connectivity index (χ2v) is 17.2. The van der Waals surface area contributed by atoms with E-state index in [1.807, 2.05) is 36.8 Å². The van der Waals surface area contributed by atoms with E-state index in [-0.39, 0.29) is 86.1 Å². The van der Waals surface area contributed by atoms with Crippen molar-refractivity contribution >= 4 is 45.7 Å². The molecule has 2 aliphatic rings. The molecule has 18 heteroatoms. The maximum absolute atomic E-state index is 14.9. The summed E-state index contributed by atoms with van der Waals surface area (Å²) >= 11 is 0. The van der Waals surface area contributed by atoms with Crippen LogP contribution >= 0.6 is 0 Å². The van der Waals surface area contributed by atoms with Gasteiger partial charge in [0.15, 0.2) is 11.6 Å². The number of hydrogen-bond acceptors (Lipinski definition) is 10. The monoisotopic (exact) mass is 864 g/mol. The van der Waals surface area contributed by atoms with Gasteiger partial charge in [0.05, 0.1) is 58.4 Å². The maximum atomic E-state index is 14.9. The lowest BCUT2D eigenvalue weighted by atomic mass is 9.97. The van der Waals surface area contributed by atoms with E-state index < -0.39 is 60.1 Å². The number of rotatable bonds is 17. The van der Waals surface area contributed by atoms with Crippen LogP contribution in [0.3, 0.4) is 0 Å². The lowest BCUT2D eigenvalue weighted by Gasteiger charge is -2.33. The first-order valence-corrected chi connectivity index (χ1v) is 21.7. The first-order chi connectivity index (χ1) is 29.5. The number of fused-ring (bicyclic) bond motifs is 2. The van der Waals surface area contributed by atoms with Gasteiger partial charge in [-0.3, -0.25) is 19.2 Å². The number of carbonyl (C=O) groups excluding carboxylic acids is 4. The van der Waals surface area contributed by atoms with E-state index in [1.54, 1.807) is 49.9 Å². The molecule has 2 fully saturated rings. The summed E-state index contributed by atoms with van der Waals surface area (Å²) in [5.41, 5.74) is 1.63. The molecule has 2 aromatic heterocycles. The van der Waals surface area contributed by atoms with E-state index in [1.165, 1.54) is 24.3 Å². The van der Waals surface area contributed by atoms with Gasteiger partial charge in [0.25, 0.3) is 0 Å². The number of aliphatic hydroxyl groups is 2.